The molecule has 0 aromatic rings. The van der Waals surface area contributed by atoms with Gasteiger partial charge < -0.3 is 14.9 Å². The lowest BCUT2D eigenvalue weighted by atomic mass is 9.91. The van der Waals surface area contributed by atoms with E-state index in [0.717, 1.165) is 0 Å². The highest BCUT2D eigenvalue weighted by Gasteiger charge is 2.21. The maximum absolute atomic E-state index is 9.99. The topological polar surface area (TPSA) is 49.7 Å². The van der Waals surface area contributed by atoms with E-state index in [2.05, 4.69) is 6.58 Å². The van der Waals surface area contributed by atoms with Gasteiger partial charge in [-0.15, -0.1) is 0 Å². The number of hydrogen-bond donors (Lipinski definition) is 2. The van der Waals surface area contributed by atoms with E-state index < -0.39 is 11.2 Å². The molecule has 2 N–H and O–H groups in total. The molecule has 0 amide bonds. The molecule has 0 aliphatic rings. The highest BCUT2D eigenvalue weighted by molar-refractivity contribution is 5.36. The molecule has 0 saturated heterocycles. The molecule has 0 aliphatic carbocycles. The van der Waals surface area contributed by atoms with Gasteiger partial charge in [-0.05, 0) is 51.8 Å². The maximum Gasteiger partial charge on any atom is 0.0845 e. The summed E-state index contributed by atoms with van der Waals surface area (Å²) in [7, 11) is 0. The third-order valence-corrected chi connectivity index (χ3v) is 2.33. The van der Waals surface area contributed by atoms with E-state index in [1.54, 1.807) is 39.8 Å². The summed E-state index contributed by atoms with van der Waals surface area (Å²) in [6, 6.07) is 0. The van der Waals surface area contributed by atoms with Crippen molar-refractivity contribution in [1.29, 1.82) is 0 Å². The minimum atomic E-state index is -1.01. The summed E-state index contributed by atoms with van der Waals surface area (Å²) in [5.41, 5.74) is -0.841. The van der Waals surface area contributed by atoms with E-state index in [-0.39, 0.29) is 0 Å². The van der Waals surface area contributed by atoms with Crippen molar-refractivity contribution in [2.75, 3.05) is 6.61 Å². The normalized spacial score (nSPS) is 14.2. The molecule has 0 spiro atoms. The van der Waals surface area contributed by atoms with E-state index in [1.807, 2.05) is 6.92 Å². The highest BCUT2D eigenvalue weighted by Crippen LogP contribution is 2.23. The molecule has 0 unspecified atom stereocenters. The fourth-order valence-corrected chi connectivity index (χ4v) is 1.01. The molecular weight excluding hydrogens is 216 g/mol. The molecule has 0 rings (SSSR count). The van der Waals surface area contributed by atoms with Crippen LogP contribution in [0.15, 0.2) is 36.1 Å². The number of rotatable bonds is 6. The molecule has 0 aromatic heterocycles. The van der Waals surface area contributed by atoms with Crippen LogP contribution in [-0.4, -0.2) is 28.0 Å². The van der Waals surface area contributed by atoms with Gasteiger partial charge in [0.05, 0.1) is 24.1 Å². The molecule has 17 heavy (non-hydrogen) atoms. The van der Waals surface area contributed by atoms with Crippen LogP contribution in [0.1, 0.15) is 34.6 Å². The SMILES string of the molecule is C=C(/C=C(\C=C\OCC)C(C)(C)O)C(C)(C)O. The number of hydrogen-bond acceptors (Lipinski definition) is 3. The highest BCUT2D eigenvalue weighted by atomic mass is 16.5. The second-order valence-corrected chi connectivity index (χ2v) is 5.00. The Balaban J connectivity index is 5.07. The lowest BCUT2D eigenvalue weighted by Crippen LogP contribution is -2.24. The van der Waals surface area contributed by atoms with Crippen molar-refractivity contribution in [3.63, 3.8) is 0 Å². The quantitative estimate of drug-likeness (QED) is 0.554. The van der Waals surface area contributed by atoms with E-state index in [1.165, 1.54) is 6.26 Å². The first-order valence-corrected chi connectivity index (χ1v) is 5.73. The second kappa shape index (κ2) is 6.03. The average Bonchev–Trinajstić information content (AvgIpc) is 2.13. The van der Waals surface area contributed by atoms with Gasteiger partial charge in [0.2, 0.25) is 0 Å². The zero-order chi connectivity index (χ0) is 13.7. The Morgan fingerprint density at radius 2 is 1.71 bits per heavy atom. The first-order valence-electron chi connectivity index (χ1n) is 5.73. The number of aliphatic hydroxyl groups is 2. The summed E-state index contributed by atoms with van der Waals surface area (Å²) in [5.74, 6) is 0. The zero-order valence-corrected chi connectivity index (χ0v) is 11.4. The largest absolute Gasteiger partial charge is 0.501 e. The Bertz CT molecular complexity index is 311. The first-order chi connectivity index (χ1) is 7.59. The van der Waals surface area contributed by atoms with Gasteiger partial charge in [-0.2, -0.15) is 0 Å². The molecule has 0 atom stereocenters. The minimum absolute atomic E-state index is 0.538. The van der Waals surface area contributed by atoms with Crippen LogP contribution in [0.2, 0.25) is 0 Å². The van der Waals surface area contributed by atoms with Gasteiger partial charge in [-0.3, -0.25) is 0 Å². The van der Waals surface area contributed by atoms with Crippen molar-refractivity contribution >= 4 is 0 Å². The molecular formula is C14H24O3. The van der Waals surface area contributed by atoms with Crippen LogP contribution in [0.4, 0.5) is 0 Å². The fraction of sp³-hybridized carbons (Fsp3) is 0.571. The molecule has 0 bridgehead atoms. The lowest BCUT2D eigenvalue weighted by molar-refractivity contribution is 0.117. The summed E-state index contributed by atoms with van der Waals surface area (Å²) in [6.07, 6.45) is 4.89. The van der Waals surface area contributed by atoms with Gasteiger partial charge in [0, 0.05) is 0 Å². The number of ether oxygens (including phenoxy) is 1. The fourth-order valence-electron chi connectivity index (χ4n) is 1.01. The summed E-state index contributed by atoms with van der Waals surface area (Å²) in [5, 5.41) is 19.8. The molecule has 3 heteroatoms. The molecule has 0 aliphatic heterocycles. The van der Waals surface area contributed by atoms with Crippen LogP contribution in [-0.2, 0) is 4.74 Å². The van der Waals surface area contributed by atoms with Gasteiger partial charge in [0.1, 0.15) is 0 Å². The third-order valence-electron chi connectivity index (χ3n) is 2.33. The Labute approximate surface area is 104 Å². The summed E-state index contributed by atoms with van der Waals surface area (Å²) in [4.78, 5) is 0. The van der Waals surface area contributed by atoms with Gasteiger partial charge in [-0.1, -0.05) is 12.7 Å². The van der Waals surface area contributed by atoms with Crippen molar-refractivity contribution in [1.82, 2.24) is 0 Å². The van der Waals surface area contributed by atoms with Gasteiger partial charge in [0.25, 0.3) is 0 Å². The molecule has 0 aromatic carbocycles. The van der Waals surface area contributed by atoms with E-state index in [9.17, 15) is 10.2 Å². The Kier molecular flexibility index (Phi) is 5.66. The van der Waals surface area contributed by atoms with E-state index in [0.29, 0.717) is 17.8 Å². The average molecular weight is 240 g/mol. The molecule has 98 valence electrons. The van der Waals surface area contributed by atoms with Crippen molar-refractivity contribution in [3.05, 3.63) is 36.1 Å². The molecule has 0 radical (unpaired) electrons. The van der Waals surface area contributed by atoms with Crippen LogP contribution in [0.25, 0.3) is 0 Å². The summed E-state index contributed by atoms with van der Waals surface area (Å²) >= 11 is 0. The predicted molar refractivity (Wildman–Crippen MR) is 70.6 cm³/mol. The first kappa shape index (κ1) is 15.9. The maximum atomic E-state index is 9.99. The standard InChI is InChI=1S/C14H24O3/c1-7-17-9-8-12(14(5,6)16)10-11(2)13(3,4)15/h8-10,15-16H,2,7H2,1,3-6H3/b9-8+,12-10+. The van der Waals surface area contributed by atoms with Gasteiger partial charge in [-0.25, -0.2) is 0 Å². The Hall–Kier alpha value is -1.06. The molecule has 0 saturated carbocycles. The third kappa shape index (κ3) is 6.29. The van der Waals surface area contributed by atoms with Crippen molar-refractivity contribution in [3.8, 4) is 0 Å². The zero-order valence-electron chi connectivity index (χ0n) is 11.4. The molecule has 3 nitrogen and oxygen atoms in total. The van der Waals surface area contributed by atoms with E-state index >= 15 is 0 Å². The Morgan fingerprint density at radius 3 is 2.06 bits per heavy atom. The monoisotopic (exact) mass is 240 g/mol. The van der Waals surface area contributed by atoms with E-state index in [4.69, 9.17) is 4.74 Å². The predicted octanol–water partition coefficient (Wildman–Crippen LogP) is 2.56. The van der Waals surface area contributed by atoms with Crippen LogP contribution in [0.5, 0.6) is 0 Å². The smallest absolute Gasteiger partial charge is 0.0845 e. The second-order valence-electron chi connectivity index (χ2n) is 5.00. The lowest BCUT2D eigenvalue weighted by Gasteiger charge is -2.23. The van der Waals surface area contributed by atoms with Crippen LogP contribution in [0, 0.1) is 0 Å². The van der Waals surface area contributed by atoms with Crippen molar-refractivity contribution in [2.45, 2.75) is 45.8 Å². The molecule has 0 heterocycles. The van der Waals surface area contributed by atoms with Gasteiger partial charge >= 0.3 is 0 Å². The summed E-state index contributed by atoms with van der Waals surface area (Å²) in [6.45, 7) is 12.9. The van der Waals surface area contributed by atoms with Crippen molar-refractivity contribution in [2.24, 2.45) is 0 Å². The van der Waals surface area contributed by atoms with Crippen LogP contribution >= 0.6 is 0 Å². The van der Waals surface area contributed by atoms with Gasteiger partial charge in [0.15, 0.2) is 0 Å². The minimum Gasteiger partial charge on any atom is -0.501 e. The van der Waals surface area contributed by atoms with Crippen molar-refractivity contribution < 1.29 is 14.9 Å². The summed E-state index contributed by atoms with van der Waals surface area (Å²) < 4.78 is 5.10. The molecule has 0 fully saturated rings. The van der Waals surface area contributed by atoms with Crippen LogP contribution in [0.3, 0.4) is 0 Å². The Morgan fingerprint density at radius 1 is 1.18 bits per heavy atom. The van der Waals surface area contributed by atoms with Crippen LogP contribution < -0.4 is 0 Å².